The smallest absolute Gasteiger partial charge is 0.0348 e. The molecular formula is C13H24. The lowest BCUT2D eigenvalue weighted by molar-refractivity contribution is 0.637. The molecule has 0 aliphatic heterocycles. The van der Waals surface area contributed by atoms with Crippen molar-refractivity contribution in [2.45, 2.75) is 59.3 Å². The van der Waals surface area contributed by atoms with E-state index in [1.54, 1.807) is 0 Å². The SMILES string of the molecule is C/C=C(C)/C=C/CCCCCCC. The van der Waals surface area contributed by atoms with Crippen LogP contribution < -0.4 is 0 Å². The number of allylic oxidation sites excluding steroid dienone is 4. The van der Waals surface area contributed by atoms with Gasteiger partial charge in [0, 0.05) is 0 Å². The molecular weight excluding hydrogens is 156 g/mol. The van der Waals surface area contributed by atoms with Crippen molar-refractivity contribution in [3.05, 3.63) is 23.8 Å². The van der Waals surface area contributed by atoms with Crippen LogP contribution in [0, 0.1) is 0 Å². The molecule has 0 rings (SSSR count). The average Bonchev–Trinajstić information content (AvgIpc) is 2.16. The molecule has 0 aliphatic carbocycles. The van der Waals surface area contributed by atoms with E-state index in [4.69, 9.17) is 0 Å². The molecule has 0 N–H and O–H groups in total. The predicted octanol–water partition coefficient (Wildman–Crippen LogP) is 4.87. The Balaban J connectivity index is 3.20. The number of unbranched alkanes of at least 4 members (excludes halogenated alkanes) is 5. The highest BCUT2D eigenvalue weighted by Gasteiger charge is 1.86. The molecule has 0 atom stereocenters. The summed E-state index contributed by atoms with van der Waals surface area (Å²) < 4.78 is 0. The maximum Gasteiger partial charge on any atom is -0.0348 e. The Morgan fingerprint density at radius 1 is 1.08 bits per heavy atom. The minimum atomic E-state index is 1.24. The molecule has 0 aliphatic rings. The molecule has 0 saturated carbocycles. The van der Waals surface area contributed by atoms with Crippen LogP contribution in [0.1, 0.15) is 59.3 Å². The Kier molecular flexibility index (Phi) is 9.18. The normalized spacial score (nSPS) is 12.7. The van der Waals surface area contributed by atoms with Gasteiger partial charge < -0.3 is 0 Å². The van der Waals surface area contributed by atoms with E-state index >= 15 is 0 Å². The summed E-state index contributed by atoms with van der Waals surface area (Å²) in [5, 5.41) is 0. The van der Waals surface area contributed by atoms with Crippen molar-refractivity contribution in [1.29, 1.82) is 0 Å². The van der Waals surface area contributed by atoms with Crippen molar-refractivity contribution in [1.82, 2.24) is 0 Å². The van der Waals surface area contributed by atoms with Crippen LogP contribution in [0.15, 0.2) is 23.8 Å². The van der Waals surface area contributed by atoms with Crippen molar-refractivity contribution in [3.8, 4) is 0 Å². The molecule has 0 spiro atoms. The van der Waals surface area contributed by atoms with E-state index in [0.717, 1.165) is 0 Å². The molecule has 0 unspecified atom stereocenters. The number of hydrogen-bond acceptors (Lipinski definition) is 0. The molecule has 76 valence electrons. The fourth-order valence-corrected chi connectivity index (χ4v) is 1.23. The van der Waals surface area contributed by atoms with Crippen LogP contribution in [-0.2, 0) is 0 Å². The summed E-state index contributed by atoms with van der Waals surface area (Å²) in [7, 11) is 0. The van der Waals surface area contributed by atoms with Gasteiger partial charge in [-0.05, 0) is 26.7 Å². The summed E-state index contributed by atoms with van der Waals surface area (Å²) in [6.07, 6.45) is 14.8. The topological polar surface area (TPSA) is 0 Å². The molecule has 0 nitrogen and oxygen atoms in total. The van der Waals surface area contributed by atoms with Gasteiger partial charge in [-0.1, -0.05) is 56.4 Å². The number of hydrogen-bond donors (Lipinski definition) is 0. The van der Waals surface area contributed by atoms with Gasteiger partial charge in [-0.15, -0.1) is 0 Å². The Morgan fingerprint density at radius 3 is 2.38 bits per heavy atom. The van der Waals surface area contributed by atoms with E-state index in [9.17, 15) is 0 Å². The summed E-state index contributed by atoms with van der Waals surface area (Å²) in [4.78, 5) is 0. The molecule has 0 aromatic heterocycles. The summed E-state index contributed by atoms with van der Waals surface area (Å²) in [6, 6.07) is 0. The zero-order chi connectivity index (χ0) is 9.94. The third-order valence-corrected chi connectivity index (χ3v) is 2.31. The first-order valence-corrected chi connectivity index (χ1v) is 5.60. The fourth-order valence-electron chi connectivity index (χ4n) is 1.23. The van der Waals surface area contributed by atoms with E-state index in [0.29, 0.717) is 0 Å². The Bertz CT molecular complexity index is 151. The molecule has 0 bridgehead atoms. The van der Waals surface area contributed by atoms with Gasteiger partial charge in [-0.3, -0.25) is 0 Å². The lowest BCUT2D eigenvalue weighted by atomic mass is 10.1. The van der Waals surface area contributed by atoms with Crippen molar-refractivity contribution in [3.63, 3.8) is 0 Å². The highest BCUT2D eigenvalue weighted by Crippen LogP contribution is 2.06. The largest absolute Gasteiger partial charge is 0.0847 e. The van der Waals surface area contributed by atoms with E-state index in [1.165, 1.54) is 44.1 Å². The maximum atomic E-state index is 2.29. The number of rotatable bonds is 7. The minimum Gasteiger partial charge on any atom is -0.0847 e. The molecule has 0 fully saturated rings. The van der Waals surface area contributed by atoms with Crippen LogP contribution in [0.25, 0.3) is 0 Å². The maximum absolute atomic E-state index is 2.29. The van der Waals surface area contributed by atoms with Gasteiger partial charge in [0.15, 0.2) is 0 Å². The minimum absolute atomic E-state index is 1.24. The van der Waals surface area contributed by atoms with Gasteiger partial charge in [0.2, 0.25) is 0 Å². The van der Waals surface area contributed by atoms with Crippen molar-refractivity contribution in [2.75, 3.05) is 0 Å². The van der Waals surface area contributed by atoms with Crippen molar-refractivity contribution in [2.24, 2.45) is 0 Å². The van der Waals surface area contributed by atoms with Crippen molar-refractivity contribution < 1.29 is 0 Å². The third kappa shape index (κ3) is 9.39. The Labute approximate surface area is 83.7 Å². The first-order valence-electron chi connectivity index (χ1n) is 5.60. The molecule has 13 heavy (non-hydrogen) atoms. The summed E-state index contributed by atoms with van der Waals surface area (Å²) in [5.74, 6) is 0. The summed E-state index contributed by atoms with van der Waals surface area (Å²) >= 11 is 0. The van der Waals surface area contributed by atoms with Crippen LogP contribution in [0.5, 0.6) is 0 Å². The van der Waals surface area contributed by atoms with E-state index in [1.807, 2.05) is 0 Å². The highest BCUT2D eigenvalue weighted by atomic mass is 13.9. The molecule has 0 saturated heterocycles. The second-order valence-electron chi connectivity index (χ2n) is 3.64. The molecule has 0 aromatic rings. The van der Waals surface area contributed by atoms with Crippen LogP contribution in [0.4, 0.5) is 0 Å². The lowest BCUT2D eigenvalue weighted by Gasteiger charge is -1.96. The summed E-state index contributed by atoms with van der Waals surface area (Å²) in [5.41, 5.74) is 1.37. The predicted molar refractivity (Wildman–Crippen MR) is 61.9 cm³/mol. The molecule has 0 heteroatoms. The van der Waals surface area contributed by atoms with Crippen molar-refractivity contribution >= 4 is 0 Å². The van der Waals surface area contributed by atoms with Crippen LogP contribution in [-0.4, -0.2) is 0 Å². The lowest BCUT2D eigenvalue weighted by Crippen LogP contribution is -1.76. The Hall–Kier alpha value is -0.520. The van der Waals surface area contributed by atoms with Gasteiger partial charge >= 0.3 is 0 Å². The fraction of sp³-hybridized carbons (Fsp3) is 0.692. The van der Waals surface area contributed by atoms with E-state index in [2.05, 4.69) is 39.0 Å². The van der Waals surface area contributed by atoms with Gasteiger partial charge in [0.25, 0.3) is 0 Å². The first-order chi connectivity index (χ1) is 6.31. The van der Waals surface area contributed by atoms with E-state index in [-0.39, 0.29) is 0 Å². The van der Waals surface area contributed by atoms with Gasteiger partial charge in [0.1, 0.15) is 0 Å². The highest BCUT2D eigenvalue weighted by molar-refractivity contribution is 5.14. The van der Waals surface area contributed by atoms with Gasteiger partial charge in [-0.25, -0.2) is 0 Å². The first kappa shape index (κ1) is 12.5. The second-order valence-corrected chi connectivity index (χ2v) is 3.64. The quantitative estimate of drug-likeness (QED) is 0.387. The Morgan fingerprint density at radius 2 is 1.77 bits per heavy atom. The van der Waals surface area contributed by atoms with Gasteiger partial charge in [-0.2, -0.15) is 0 Å². The van der Waals surface area contributed by atoms with Gasteiger partial charge in [0.05, 0.1) is 0 Å². The zero-order valence-corrected chi connectivity index (χ0v) is 9.47. The third-order valence-electron chi connectivity index (χ3n) is 2.31. The summed E-state index contributed by atoms with van der Waals surface area (Å²) in [6.45, 7) is 6.49. The van der Waals surface area contributed by atoms with E-state index < -0.39 is 0 Å². The monoisotopic (exact) mass is 180 g/mol. The second kappa shape index (κ2) is 9.57. The van der Waals surface area contributed by atoms with Crippen LogP contribution in [0.2, 0.25) is 0 Å². The van der Waals surface area contributed by atoms with Crippen LogP contribution in [0.3, 0.4) is 0 Å². The molecule has 0 radical (unpaired) electrons. The van der Waals surface area contributed by atoms with Crippen LogP contribution >= 0.6 is 0 Å². The standard InChI is InChI=1S/C13H24/c1-4-6-7-8-9-10-11-12-13(3)5-2/h5,11-12H,4,6-10H2,1-3H3/b12-11+,13-5+. The molecule has 0 amide bonds. The molecule has 0 aromatic carbocycles. The zero-order valence-electron chi connectivity index (χ0n) is 9.47. The molecule has 0 heterocycles. The average molecular weight is 180 g/mol.